The van der Waals surface area contributed by atoms with Gasteiger partial charge in [0.15, 0.2) is 0 Å². The number of rotatable bonds is 7. The zero-order chi connectivity index (χ0) is 15.2. The van der Waals surface area contributed by atoms with E-state index in [1.807, 2.05) is 0 Å². The Morgan fingerprint density at radius 1 is 1.24 bits per heavy atom. The van der Waals surface area contributed by atoms with Gasteiger partial charge in [-0.25, -0.2) is 0 Å². The summed E-state index contributed by atoms with van der Waals surface area (Å²) in [5.74, 6) is 0.556. The Morgan fingerprint density at radius 3 is 2.62 bits per heavy atom. The van der Waals surface area contributed by atoms with Gasteiger partial charge in [-0.3, -0.25) is 4.90 Å². The summed E-state index contributed by atoms with van der Waals surface area (Å²) in [5.41, 5.74) is 1.39. The highest BCUT2D eigenvalue weighted by Gasteiger charge is 2.26. The van der Waals surface area contributed by atoms with Gasteiger partial charge in [-0.05, 0) is 31.2 Å². The molecule has 21 heavy (non-hydrogen) atoms. The fourth-order valence-electron chi connectivity index (χ4n) is 3.18. The maximum Gasteiger partial charge on any atom is 0.0667 e. The van der Waals surface area contributed by atoms with Crippen LogP contribution >= 0.6 is 0 Å². The third-order valence-corrected chi connectivity index (χ3v) is 4.44. The van der Waals surface area contributed by atoms with Crippen LogP contribution in [0.4, 0.5) is 0 Å². The van der Waals surface area contributed by atoms with E-state index in [2.05, 4.69) is 61.3 Å². The van der Waals surface area contributed by atoms with Gasteiger partial charge in [-0.1, -0.05) is 44.2 Å². The van der Waals surface area contributed by atoms with Crippen molar-refractivity contribution in [2.75, 3.05) is 19.6 Å². The minimum atomic E-state index is -0.217. The first kappa shape index (κ1) is 16.5. The Labute approximate surface area is 129 Å². The number of hydrogen-bond acceptors (Lipinski definition) is 3. The number of likely N-dealkylation sites (tertiary alicyclic amines) is 1. The van der Waals surface area contributed by atoms with Gasteiger partial charge in [0.05, 0.1) is 6.10 Å². The molecule has 1 saturated heterocycles. The number of aliphatic hydroxyl groups excluding tert-OH is 1. The molecule has 1 aliphatic heterocycles. The summed E-state index contributed by atoms with van der Waals surface area (Å²) >= 11 is 0. The van der Waals surface area contributed by atoms with E-state index < -0.39 is 0 Å². The van der Waals surface area contributed by atoms with Crippen molar-refractivity contribution >= 4 is 0 Å². The molecule has 3 unspecified atom stereocenters. The Balaban J connectivity index is 1.76. The quantitative estimate of drug-likeness (QED) is 0.810. The van der Waals surface area contributed by atoms with E-state index in [9.17, 15) is 5.11 Å². The van der Waals surface area contributed by atoms with Crippen molar-refractivity contribution in [2.24, 2.45) is 5.92 Å². The molecule has 1 heterocycles. The van der Waals surface area contributed by atoms with E-state index in [1.165, 1.54) is 12.0 Å². The van der Waals surface area contributed by atoms with Crippen LogP contribution in [0.15, 0.2) is 30.3 Å². The van der Waals surface area contributed by atoms with Crippen molar-refractivity contribution in [1.29, 1.82) is 0 Å². The highest BCUT2D eigenvalue weighted by molar-refractivity contribution is 5.18. The molecule has 0 aromatic heterocycles. The van der Waals surface area contributed by atoms with Gasteiger partial charge in [0.2, 0.25) is 0 Å². The summed E-state index contributed by atoms with van der Waals surface area (Å²) < 4.78 is 0. The monoisotopic (exact) mass is 290 g/mol. The van der Waals surface area contributed by atoms with Gasteiger partial charge >= 0.3 is 0 Å². The van der Waals surface area contributed by atoms with Gasteiger partial charge in [-0.15, -0.1) is 0 Å². The highest BCUT2D eigenvalue weighted by Crippen LogP contribution is 2.24. The largest absolute Gasteiger partial charge is 0.392 e. The third-order valence-electron chi connectivity index (χ3n) is 4.44. The Morgan fingerprint density at radius 2 is 1.95 bits per heavy atom. The van der Waals surface area contributed by atoms with E-state index in [0.717, 1.165) is 26.1 Å². The molecule has 3 atom stereocenters. The Bertz CT molecular complexity index is 407. The van der Waals surface area contributed by atoms with Crippen LogP contribution in [-0.4, -0.2) is 41.8 Å². The second kappa shape index (κ2) is 7.92. The van der Waals surface area contributed by atoms with Crippen LogP contribution in [0.3, 0.4) is 0 Å². The summed E-state index contributed by atoms with van der Waals surface area (Å²) in [5, 5.41) is 13.5. The van der Waals surface area contributed by atoms with Crippen molar-refractivity contribution in [3.63, 3.8) is 0 Å². The van der Waals surface area contributed by atoms with Crippen LogP contribution in [0.2, 0.25) is 0 Å². The maximum atomic E-state index is 9.96. The second-order valence-electron chi connectivity index (χ2n) is 6.76. The fraction of sp³-hybridized carbons (Fsp3) is 0.667. The van der Waals surface area contributed by atoms with Crippen LogP contribution in [0.1, 0.15) is 45.2 Å². The fourth-order valence-corrected chi connectivity index (χ4v) is 3.18. The lowest BCUT2D eigenvalue weighted by Crippen LogP contribution is -2.38. The van der Waals surface area contributed by atoms with E-state index in [-0.39, 0.29) is 6.10 Å². The molecule has 1 aliphatic rings. The molecular weight excluding hydrogens is 260 g/mol. The van der Waals surface area contributed by atoms with E-state index in [4.69, 9.17) is 0 Å². The molecule has 0 saturated carbocycles. The summed E-state index contributed by atoms with van der Waals surface area (Å²) in [6, 6.07) is 11.7. The van der Waals surface area contributed by atoms with Crippen molar-refractivity contribution in [1.82, 2.24) is 10.2 Å². The first-order valence-corrected chi connectivity index (χ1v) is 8.26. The summed E-state index contributed by atoms with van der Waals surface area (Å²) in [6.07, 6.45) is 1.83. The topological polar surface area (TPSA) is 35.5 Å². The minimum Gasteiger partial charge on any atom is -0.392 e. The number of benzene rings is 1. The SMILES string of the molecule is CC(C)CC(O)CNC1CCN(C(C)c2ccccc2)C1. The number of nitrogens with zero attached hydrogens (tertiary/aromatic N) is 1. The smallest absolute Gasteiger partial charge is 0.0667 e. The summed E-state index contributed by atoms with van der Waals surface area (Å²) in [6.45, 7) is 9.52. The van der Waals surface area contributed by atoms with Crippen molar-refractivity contribution < 1.29 is 5.11 Å². The highest BCUT2D eigenvalue weighted by atomic mass is 16.3. The lowest BCUT2D eigenvalue weighted by molar-refractivity contribution is 0.142. The summed E-state index contributed by atoms with van der Waals surface area (Å²) in [4.78, 5) is 2.53. The molecule has 3 heteroatoms. The van der Waals surface area contributed by atoms with Crippen LogP contribution in [0, 0.1) is 5.92 Å². The molecular formula is C18H30N2O. The Hall–Kier alpha value is -0.900. The molecule has 1 aromatic carbocycles. The molecule has 118 valence electrons. The zero-order valence-corrected chi connectivity index (χ0v) is 13.6. The molecule has 0 amide bonds. The molecule has 0 spiro atoms. The first-order chi connectivity index (χ1) is 10.1. The van der Waals surface area contributed by atoms with E-state index >= 15 is 0 Å². The third kappa shape index (κ3) is 5.10. The molecule has 0 aliphatic carbocycles. The number of hydrogen-bond donors (Lipinski definition) is 2. The van der Waals surface area contributed by atoms with E-state index in [1.54, 1.807) is 0 Å². The molecule has 0 bridgehead atoms. The van der Waals surface area contributed by atoms with Crippen LogP contribution < -0.4 is 5.32 Å². The van der Waals surface area contributed by atoms with Crippen LogP contribution in [0.25, 0.3) is 0 Å². The minimum absolute atomic E-state index is 0.217. The molecule has 0 radical (unpaired) electrons. The molecule has 2 rings (SSSR count). The van der Waals surface area contributed by atoms with Gasteiger partial charge in [0.25, 0.3) is 0 Å². The standard InChI is InChI=1S/C18H30N2O/c1-14(2)11-18(21)12-19-17-9-10-20(13-17)15(3)16-7-5-4-6-8-16/h4-8,14-15,17-19,21H,9-13H2,1-3H3. The lowest BCUT2D eigenvalue weighted by Gasteiger charge is -2.25. The van der Waals surface area contributed by atoms with Crippen molar-refractivity contribution in [2.45, 2.75) is 51.8 Å². The Kier molecular flexibility index (Phi) is 6.22. The molecule has 2 N–H and O–H groups in total. The van der Waals surface area contributed by atoms with Crippen molar-refractivity contribution in [3.8, 4) is 0 Å². The number of nitrogens with one attached hydrogen (secondary N) is 1. The van der Waals surface area contributed by atoms with Gasteiger partial charge in [-0.2, -0.15) is 0 Å². The van der Waals surface area contributed by atoms with Gasteiger partial charge in [0.1, 0.15) is 0 Å². The molecule has 1 fully saturated rings. The van der Waals surface area contributed by atoms with Gasteiger partial charge in [0, 0.05) is 31.7 Å². The maximum absolute atomic E-state index is 9.96. The zero-order valence-electron chi connectivity index (χ0n) is 13.6. The van der Waals surface area contributed by atoms with Gasteiger partial charge < -0.3 is 10.4 Å². The molecule has 1 aromatic rings. The average Bonchev–Trinajstić information content (AvgIpc) is 2.93. The average molecular weight is 290 g/mol. The lowest BCUT2D eigenvalue weighted by atomic mass is 10.1. The van der Waals surface area contributed by atoms with Crippen LogP contribution in [-0.2, 0) is 0 Å². The van der Waals surface area contributed by atoms with Crippen LogP contribution in [0.5, 0.6) is 0 Å². The van der Waals surface area contributed by atoms with E-state index in [0.29, 0.717) is 18.0 Å². The number of aliphatic hydroxyl groups is 1. The second-order valence-corrected chi connectivity index (χ2v) is 6.76. The normalized spacial score (nSPS) is 22.6. The van der Waals surface area contributed by atoms with Crippen molar-refractivity contribution in [3.05, 3.63) is 35.9 Å². The summed E-state index contributed by atoms with van der Waals surface area (Å²) in [7, 11) is 0. The predicted molar refractivity (Wildman–Crippen MR) is 88.3 cm³/mol. The predicted octanol–water partition coefficient (Wildman–Crippen LogP) is 2.82. The first-order valence-electron chi connectivity index (χ1n) is 8.26. The molecule has 3 nitrogen and oxygen atoms in total.